The van der Waals surface area contributed by atoms with E-state index in [1.807, 2.05) is 0 Å². The first-order valence-corrected chi connectivity index (χ1v) is 3.37. The number of hydrogen-bond donors (Lipinski definition) is 1. The third-order valence-corrected chi connectivity index (χ3v) is 0.979. The lowest BCUT2D eigenvalue weighted by atomic mass is 10.5. The number of likely N-dealkylation sites (N-methyl/N-ethyl adjacent to an activating group) is 1. The van der Waals surface area contributed by atoms with Crippen molar-refractivity contribution in [2.24, 2.45) is 0 Å². The van der Waals surface area contributed by atoms with Gasteiger partial charge in [-0.1, -0.05) is 22.0 Å². The fraction of sp³-hybridized carbons (Fsp3) is 0.400. The quantitative estimate of drug-likeness (QED) is 0.489. The summed E-state index contributed by atoms with van der Waals surface area (Å²) in [5, 5.41) is 3.18. The molecule has 0 rings (SSSR count). The summed E-state index contributed by atoms with van der Waals surface area (Å²) in [7, 11) is 1.60. The van der Waals surface area contributed by atoms with E-state index in [2.05, 4.69) is 21.2 Å². The number of nitrogens with one attached hydrogen (secondary N) is 1. The Morgan fingerprint density at radius 2 is 2.50 bits per heavy atom. The van der Waals surface area contributed by atoms with Gasteiger partial charge in [0.1, 0.15) is 0 Å². The normalized spacial score (nSPS) is 9.75. The zero-order valence-corrected chi connectivity index (χ0v) is 6.23. The van der Waals surface area contributed by atoms with Crippen LogP contribution in [0.3, 0.4) is 0 Å². The predicted molar refractivity (Wildman–Crippen MR) is 37.0 cm³/mol. The Morgan fingerprint density at radius 1 is 1.88 bits per heavy atom. The Hall–Kier alpha value is -0.310. The second-order valence-corrected chi connectivity index (χ2v) is 1.82. The zero-order valence-electron chi connectivity index (χ0n) is 4.65. The lowest BCUT2D eigenvalue weighted by Gasteiger charge is -1.85. The van der Waals surface area contributed by atoms with E-state index in [-0.39, 0.29) is 5.91 Å². The van der Waals surface area contributed by atoms with Gasteiger partial charge in [-0.3, -0.25) is 4.79 Å². The van der Waals surface area contributed by atoms with Crippen LogP contribution in [-0.2, 0) is 4.79 Å². The van der Waals surface area contributed by atoms with E-state index in [4.69, 9.17) is 0 Å². The third-order valence-electron chi connectivity index (χ3n) is 0.605. The summed E-state index contributed by atoms with van der Waals surface area (Å²) in [5.41, 5.74) is 0. The van der Waals surface area contributed by atoms with E-state index in [0.29, 0.717) is 0 Å². The first-order valence-electron chi connectivity index (χ1n) is 2.25. The highest BCUT2D eigenvalue weighted by Crippen LogP contribution is 1.80. The van der Waals surface area contributed by atoms with Crippen LogP contribution in [0.2, 0.25) is 0 Å². The minimum atomic E-state index is -0.0653. The number of allylic oxidation sites excluding steroid dienone is 1. The van der Waals surface area contributed by atoms with Crippen molar-refractivity contribution in [3.8, 4) is 0 Å². The van der Waals surface area contributed by atoms with Gasteiger partial charge in [0.15, 0.2) is 0 Å². The largest absolute Gasteiger partial charge is 0.356 e. The number of halogens is 1. The fourth-order valence-electron chi connectivity index (χ4n) is 0.235. The second-order valence-electron chi connectivity index (χ2n) is 1.17. The van der Waals surface area contributed by atoms with Crippen molar-refractivity contribution in [2.75, 3.05) is 12.4 Å². The van der Waals surface area contributed by atoms with Gasteiger partial charge in [0.05, 0.1) is 0 Å². The van der Waals surface area contributed by atoms with Gasteiger partial charge < -0.3 is 5.32 Å². The molecule has 0 aliphatic carbocycles. The minimum Gasteiger partial charge on any atom is -0.356 e. The lowest BCUT2D eigenvalue weighted by molar-refractivity contribution is -0.116. The molecule has 8 heavy (non-hydrogen) atoms. The van der Waals surface area contributed by atoms with Crippen molar-refractivity contribution < 1.29 is 4.79 Å². The maximum absolute atomic E-state index is 10.4. The van der Waals surface area contributed by atoms with E-state index < -0.39 is 0 Å². The average molecular weight is 178 g/mol. The van der Waals surface area contributed by atoms with E-state index in [9.17, 15) is 4.79 Å². The van der Waals surface area contributed by atoms with Crippen LogP contribution in [-0.4, -0.2) is 18.3 Å². The predicted octanol–water partition coefficient (Wildman–Crippen LogP) is 0.683. The number of rotatable bonds is 2. The molecule has 0 heterocycles. The van der Waals surface area contributed by atoms with Gasteiger partial charge in [0.2, 0.25) is 5.91 Å². The topological polar surface area (TPSA) is 29.1 Å². The maximum Gasteiger partial charge on any atom is 0.243 e. The molecule has 0 aromatic rings. The van der Waals surface area contributed by atoms with Crippen LogP contribution in [0.25, 0.3) is 0 Å². The van der Waals surface area contributed by atoms with E-state index in [0.717, 1.165) is 5.33 Å². The Kier molecular flexibility index (Phi) is 4.65. The summed E-state index contributed by atoms with van der Waals surface area (Å²) in [5.74, 6) is -0.0653. The Balaban J connectivity index is 3.37. The van der Waals surface area contributed by atoms with E-state index in [1.165, 1.54) is 6.08 Å². The minimum absolute atomic E-state index is 0.0653. The van der Waals surface area contributed by atoms with Gasteiger partial charge >= 0.3 is 0 Å². The van der Waals surface area contributed by atoms with Crippen molar-refractivity contribution >= 4 is 21.8 Å². The second kappa shape index (κ2) is 4.84. The standard InChI is InChI=1S/C5H8BrNO/c1-7-5(8)3-2-4-6/h2-3H,4H2,1H3,(H,7,8)/b3-2+. The smallest absolute Gasteiger partial charge is 0.243 e. The molecule has 1 N–H and O–H groups in total. The number of carbonyl (C=O) groups is 1. The summed E-state index contributed by atoms with van der Waals surface area (Å²) in [4.78, 5) is 10.4. The molecule has 0 bridgehead atoms. The summed E-state index contributed by atoms with van der Waals surface area (Å²) in [6, 6.07) is 0. The summed E-state index contributed by atoms with van der Waals surface area (Å²) in [6.07, 6.45) is 3.22. The average Bonchev–Trinajstić information content (AvgIpc) is 1.83. The molecule has 46 valence electrons. The van der Waals surface area contributed by atoms with Crippen LogP contribution in [0, 0.1) is 0 Å². The third kappa shape index (κ3) is 3.87. The number of alkyl halides is 1. The van der Waals surface area contributed by atoms with Gasteiger partial charge in [-0.2, -0.15) is 0 Å². The van der Waals surface area contributed by atoms with Crippen molar-refractivity contribution in [3.63, 3.8) is 0 Å². The molecule has 0 aliphatic heterocycles. The van der Waals surface area contributed by atoms with Crippen LogP contribution < -0.4 is 5.32 Å². The van der Waals surface area contributed by atoms with Crippen molar-refractivity contribution in [3.05, 3.63) is 12.2 Å². The van der Waals surface area contributed by atoms with Crippen LogP contribution >= 0.6 is 15.9 Å². The highest BCUT2D eigenvalue weighted by Gasteiger charge is 1.83. The first kappa shape index (κ1) is 7.69. The number of carbonyl (C=O) groups excluding carboxylic acids is 1. The van der Waals surface area contributed by atoms with E-state index >= 15 is 0 Å². The van der Waals surface area contributed by atoms with Crippen LogP contribution in [0.4, 0.5) is 0 Å². The van der Waals surface area contributed by atoms with Gasteiger partial charge in [-0.15, -0.1) is 0 Å². The molecule has 3 heteroatoms. The van der Waals surface area contributed by atoms with Crippen molar-refractivity contribution in [1.29, 1.82) is 0 Å². The highest BCUT2D eigenvalue weighted by atomic mass is 79.9. The molecule has 0 radical (unpaired) electrons. The molecule has 0 saturated carbocycles. The highest BCUT2D eigenvalue weighted by molar-refractivity contribution is 9.09. The molecular weight excluding hydrogens is 170 g/mol. The Bertz CT molecular complexity index is 101. The number of hydrogen-bond acceptors (Lipinski definition) is 1. The van der Waals surface area contributed by atoms with Crippen LogP contribution in [0.15, 0.2) is 12.2 Å². The van der Waals surface area contributed by atoms with Crippen LogP contribution in [0.1, 0.15) is 0 Å². The molecule has 1 amide bonds. The molecule has 0 unspecified atom stereocenters. The Morgan fingerprint density at radius 3 is 2.88 bits per heavy atom. The molecule has 0 aliphatic rings. The summed E-state index contributed by atoms with van der Waals surface area (Å²) >= 11 is 3.14. The first-order chi connectivity index (χ1) is 3.81. The van der Waals surface area contributed by atoms with E-state index in [1.54, 1.807) is 13.1 Å². The summed E-state index contributed by atoms with van der Waals surface area (Å²) < 4.78 is 0. The van der Waals surface area contributed by atoms with Crippen LogP contribution in [0.5, 0.6) is 0 Å². The molecule has 2 nitrogen and oxygen atoms in total. The lowest BCUT2D eigenvalue weighted by Crippen LogP contribution is -2.13. The molecule has 0 aromatic carbocycles. The number of amides is 1. The molecule has 0 saturated heterocycles. The molecule has 0 spiro atoms. The van der Waals surface area contributed by atoms with Gasteiger partial charge in [-0.25, -0.2) is 0 Å². The SMILES string of the molecule is CNC(=O)/C=C/CBr. The zero-order chi connectivity index (χ0) is 6.41. The summed E-state index contributed by atoms with van der Waals surface area (Å²) in [6.45, 7) is 0. The van der Waals surface area contributed by atoms with Gasteiger partial charge in [-0.05, 0) is 6.08 Å². The maximum atomic E-state index is 10.4. The molecule has 0 aromatic heterocycles. The Labute approximate surface area is 57.1 Å². The van der Waals surface area contributed by atoms with Crippen molar-refractivity contribution in [2.45, 2.75) is 0 Å². The van der Waals surface area contributed by atoms with Gasteiger partial charge in [0.25, 0.3) is 0 Å². The molecule has 0 fully saturated rings. The fourth-order valence-corrected chi connectivity index (χ4v) is 0.422. The van der Waals surface area contributed by atoms with Gasteiger partial charge in [0, 0.05) is 12.4 Å². The van der Waals surface area contributed by atoms with Crippen molar-refractivity contribution in [1.82, 2.24) is 5.32 Å². The molecular formula is C5H8BrNO. The monoisotopic (exact) mass is 177 g/mol. The molecule has 0 atom stereocenters.